The number of nitrogens with one attached hydrogen (secondary N) is 1. The standard InChI is InChI=1S/C13H16N2O/c1-10(9-16)15-8-12-5-2-4-11-6-3-7-14-13(11)12/h2-7,10,15-16H,8-9H2,1H3. The van der Waals surface area contributed by atoms with Gasteiger partial charge in [-0.3, -0.25) is 4.98 Å². The predicted octanol–water partition coefficient (Wildman–Crippen LogP) is 1.71. The molecule has 0 radical (unpaired) electrons. The van der Waals surface area contributed by atoms with Crippen molar-refractivity contribution in [3.63, 3.8) is 0 Å². The summed E-state index contributed by atoms with van der Waals surface area (Å²) in [5.74, 6) is 0. The van der Waals surface area contributed by atoms with Gasteiger partial charge in [-0.05, 0) is 18.6 Å². The van der Waals surface area contributed by atoms with Crippen LogP contribution in [-0.2, 0) is 6.54 Å². The van der Waals surface area contributed by atoms with Crippen LogP contribution in [-0.4, -0.2) is 22.7 Å². The van der Waals surface area contributed by atoms with E-state index in [2.05, 4.69) is 28.5 Å². The van der Waals surface area contributed by atoms with Gasteiger partial charge in [0.05, 0.1) is 12.1 Å². The molecule has 1 aromatic carbocycles. The Morgan fingerprint density at radius 1 is 1.31 bits per heavy atom. The molecule has 0 saturated heterocycles. The first-order valence-corrected chi connectivity index (χ1v) is 5.48. The minimum atomic E-state index is 0.110. The molecule has 1 aromatic heterocycles. The van der Waals surface area contributed by atoms with Gasteiger partial charge in [0.1, 0.15) is 0 Å². The highest BCUT2D eigenvalue weighted by molar-refractivity contribution is 5.81. The van der Waals surface area contributed by atoms with E-state index < -0.39 is 0 Å². The molecule has 0 aliphatic rings. The summed E-state index contributed by atoms with van der Waals surface area (Å²) in [6.07, 6.45) is 1.81. The Labute approximate surface area is 95.1 Å². The van der Waals surface area contributed by atoms with Crippen LogP contribution in [0, 0.1) is 0 Å². The maximum absolute atomic E-state index is 8.95. The van der Waals surface area contributed by atoms with Crippen LogP contribution in [0.25, 0.3) is 10.9 Å². The summed E-state index contributed by atoms with van der Waals surface area (Å²) >= 11 is 0. The fraction of sp³-hybridized carbons (Fsp3) is 0.308. The molecule has 0 saturated carbocycles. The van der Waals surface area contributed by atoms with Crippen molar-refractivity contribution in [2.75, 3.05) is 6.61 Å². The molecule has 84 valence electrons. The van der Waals surface area contributed by atoms with E-state index in [-0.39, 0.29) is 12.6 Å². The second-order valence-electron chi connectivity index (χ2n) is 3.96. The van der Waals surface area contributed by atoms with Gasteiger partial charge < -0.3 is 10.4 Å². The van der Waals surface area contributed by atoms with Gasteiger partial charge in [-0.1, -0.05) is 24.3 Å². The Kier molecular flexibility index (Phi) is 3.49. The number of pyridine rings is 1. The first-order valence-electron chi connectivity index (χ1n) is 5.48. The highest BCUT2D eigenvalue weighted by Crippen LogP contribution is 2.15. The van der Waals surface area contributed by atoms with Gasteiger partial charge in [0.2, 0.25) is 0 Å². The molecule has 2 N–H and O–H groups in total. The minimum absolute atomic E-state index is 0.110. The Hall–Kier alpha value is -1.45. The van der Waals surface area contributed by atoms with Gasteiger partial charge >= 0.3 is 0 Å². The number of aliphatic hydroxyl groups excluding tert-OH is 1. The summed E-state index contributed by atoms with van der Waals surface area (Å²) in [5.41, 5.74) is 2.20. The van der Waals surface area contributed by atoms with E-state index in [1.54, 1.807) is 6.20 Å². The maximum Gasteiger partial charge on any atom is 0.0746 e. The van der Waals surface area contributed by atoms with Crippen molar-refractivity contribution >= 4 is 10.9 Å². The average Bonchev–Trinajstić information content (AvgIpc) is 2.35. The van der Waals surface area contributed by atoms with Gasteiger partial charge in [-0.25, -0.2) is 0 Å². The lowest BCUT2D eigenvalue weighted by Crippen LogP contribution is -2.28. The van der Waals surface area contributed by atoms with Crippen molar-refractivity contribution in [2.24, 2.45) is 0 Å². The quantitative estimate of drug-likeness (QED) is 0.817. The lowest BCUT2D eigenvalue weighted by atomic mass is 10.1. The molecule has 0 spiro atoms. The summed E-state index contributed by atoms with van der Waals surface area (Å²) in [6.45, 7) is 2.84. The van der Waals surface area contributed by atoms with E-state index in [0.717, 1.165) is 17.4 Å². The summed E-state index contributed by atoms with van der Waals surface area (Å²) in [7, 11) is 0. The zero-order valence-corrected chi connectivity index (χ0v) is 9.35. The van der Waals surface area contributed by atoms with Crippen LogP contribution >= 0.6 is 0 Å². The molecule has 16 heavy (non-hydrogen) atoms. The Bertz CT molecular complexity index is 465. The number of aromatic nitrogens is 1. The fourth-order valence-corrected chi connectivity index (χ4v) is 1.66. The summed E-state index contributed by atoms with van der Waals surface area (Å²) in [5, 5.41) is 13.3. The molecular weight excluding hydrogens is 200 g/mol. The molecule has 2 aromatic rings. The number of nitrogens with zero attached hydrogens (tertiary/aromatic N) is 1. The van der Waals surface area contributed by atoms with Crippen LogP contribution in [0.15, 0.2) is 36.5 Å². The highest BCUT2D eigenvalue weighted by atomic mass is 16.3. The third-order valence-electron chi connectivity index (χ3n) is 2.63. The van der Waals surface area contributed by atoms with Gasteiger partial charge in [-0.15, -0.1) is 0 Å². The van der Waals surface area contributed by atoms with Gasteiger partial charge in [0.15, 0.2) is 0 Å². The number of aliphatic hydroxyl groups is 1. The molecular formula is C13H16N2O. The molecule has 3 nitrogen and oxygen atoms in total. The first kappa shape index (κ1) is 11.0. The minimum Gasteiger partial charge on any atom is -0.395 e. The molecule has 0 aliphatic heterocycles. The molecule has 0 fully saturated rings. The Morgan fingerprint density at radius 2 is 2.12 bits per heavy atom. The first-order chi connectivity index (χ1) is 7.81. The average molecular weight is 216 g/mol. The number of fused-ring (bicyclic) bond motifs is 1. The molecule has 0 amide bonds. The zero-order chi connectivity index (χ0) is 11.4. The van der Waals surface area contributed by atoms with Crippen molar-refractivity contribution in [2.45, 2.75) is 19.5 Å². The van der Waals surface area contributed by atoms with Crippen molar-refractivity contribution in [3.8, 4) is 0 Å². The largest absolute Gasteiger partial charge is 0.395 e. The van der Waals surface area contributed by atoms with Crippen molar-refractivity contribution in [1.29, 1.82) is 0 Å². The van der Waals surface area contributed by atoms with Crippen LogP contribution in [0.4, 0.5) is 0 Å². The molecule has 3 heteroatoms. The normalized spacial score (nSPS) is 12.9. The SMILES string of the molecule is CC(CO)NCc1cccc2cccnc12. The van der Waals surface area contributed by atoms with Gasteiger partial charge in [0.25, 0.3) is 0 Å². The molecule has 2 rings (SSSR count). The summed E-state index contributed by atoms with van der Waals surface area (Å²) < 4.78 is 0. The van der Waals surface area contributed by atoms with E-state index in [4.69, 9.17) is 5.11 Å². The molecule has 1 unspecified atom stereocenters. The lowest BCUT2D eigenvalue weighted by Gasteiger charge is -2.11. The monoisotopic (exact) mass is 216 g/mol. The molecule has 0 bridgehead atoms. The second kappa shape index (κ2) is 5.05. The maximum atomic E-state index is 8.95. The topological polar surface area (TPSA) is 45.1 Å². The van der Waals surface area contributed by atoms with Crippen LogP contribution < -0.4 is 5.32 Å². The van der Waals surface area contributed by atoms with Gasteiger partial charge in [-0.2, -0.15) is 0 Å². The van der Waals surface area contributed by atoms with Crippen LogP contribution in [0.1, 0.15) is 12.5 Å². The molecule has 1 atom stereocenters. The molecule has 1 heterocycles. The van der Waals surface area contributed by atoms with E-state index in [1.165, 1.54) is 5.56 Å². The number of para-hydroxylation sites is 1. The third kappa shape index (κ3) is 2.38. The lowest BCUT2D eigenvalue weighted by molar-refractivity contribution is 0.251. The Balaban J connectivity index is 2.23. The smallest absolute Gasteiger partial charge is 0.0746 e. The van der Waals surface area contributed by atoms with Crippen molar-refractivity contribution in [3.05, 3.63) is 42.1 Å². The van der Waals surface area contributed by atoms with E-state index in [9.17, 15) is 0 Å². The van der Waals surface area contributed by atoms with E-state index in [1.807, 2.05) is 19.1 Å². The third-order valence-corrected chi connectivity index (χ3v) is 2.63. The fourth-order valence-electron chi connectivity index (χ4n) is 1.66. The van der Waals surface area contributed by atoms with Crippen molar-refractivity contribution < 1.29 is 5.11 Å². The Morgan fingerprint density at radius 3 is 2.94 bits per heavy atom. The van der Waals surface area contributed by atoms with Crippen molar-refractivity contribution in [1.82, 2.24) is 10.3 Å². The summed E-state index contributed by atoms with van der Waals surface area (Å²) in [6, 6.07) is 10.3. The number of hydrogen-bond donors (Lipinski definition) is 2. The molecule has 0 aliphatic carbocycles. The highest BCUT2D eigenvalue weighted by Gasteiger charge is 2.03. The number of rotatable bonds is 4. The predicted molar refractivity (Wildman–Crippen MR) is 65.1 cm³/mol. The van der Waals surface area contributed by atoms with Gasteiger partial charge in [0, 0.05) is 24.2 Å². The van der Waals surface area contributed by atoms with Crippen LogP contribution in [0.2, 0.25) is 0 Å². The number of hydrogen-bond acceptors (Lipinski definition) is 3. The van der Waals surface area contributed by atoms with Crippen LogP contribution in [0.5, 0.6) is 0 Å². The van der Waals surface area contributed by atoms with Crippen LogP contribution in [0.3, 0.4) is 0 Å². The second-order valence-corrected chi connectivity index (χ2v) is 3.96. The number of benzene rings is 1. The van der Waals surface area contributed by atoms with E-state index in [0.29, 0.717) is 0 Å². The zero-order valence-electron chi connectivity index (χ0n) is 9.35. The summed E-state index contributed by atoms with van der Waals surface area (Å²) in [4.78, 5) is 4.38. The van der Waals surface area contributed by atoms with E-state index >= 15 is 0 Å².